The summed E-state index contributed by atoms with van der Waals surface area (Å²) in [4.78, 5) is 4.32. The van der Waals surface area contributed by atoms with Crippen LogP contribution in [-0.4, -0.2) is 4.98 Å². The SMILES string of the molecule is Cc1nc(-c2ccc(NCc3cccc(Br)c3)cc2)co1. The fourth-order valence-electron chi connectivity index (χ4n) is 2.11. The summed E-state index contributed by atoms with van der Waals surface area (Å²) in [6.45, 7) is 2.64. The second-order valence-corrected chi connectivity index (χ2v) is 5.73. The molecule has 0 spiro atoms. The predicted molar refractivity (Wildman–Crippen MR) is 88.1 cm³/mol. The van der Waals surface area contributed by atoms with Gasteiger partial charge in [0, 0.05) is 29.2 Å². The number of rotatable bonds is 4. The summed E-state index contributed by atoms with van der Waals surface area (Å²) in [6, 6.07) is 16.5. The van der Waals surface area contributed by atoms with Gasteiger partial charge in [-0.25, -0.2) is 4.98 Å². The highest BCUT2D eigenvalue weighted by atomic mass is 79.9. The number of benzene rings is 2. The Balaban J connectivity index is 1.67. The van der Waals surface area contributed by atoms with Crippen LogP contribution < -0.4 is 5.32 Å². The number of hydrogen-bond donors (Lipinski definition) is 1. The maximum absolute atomic E-state index is 5.23. The number of hydrogen-bond acceptors (Lipinski definition) is 3. The molecule has 1 heterocycles. The standard InChI is InChI=1S/C17H15BrN2O/c1-12-20-17(11-21-12)14-5-7-16(8-6-14)19-10-13-3-2-4-15(18)9-13/h2-9,11,19H,10H2,1H3. The average Bonchev–Trinajstić information content (AvgIpc) is 2.92. The Morgan fingerprint density at radius 3 is 2.62 bits per heavy atom. The normalized spacial score (nSPS) is 10.6. The first-order valence-electron chi connectivity index (χ1n) is 6.71. The first kappa shape index (κ1) is 13.9. The topological polar surface area (TPSA) is 38.1 Å². The molecular formula is C17H15BrN2O. The van der Waals surface area contributed by atoms with Crippen molar-refractivity contribution < 1.29 is 4.42 Å². The van der Waals surface area contributed by atoms with Crippen molar-refractivity contribution in [3.05, 3.63) is 70.7 Å². The molecule has 106 valence electrons. The van der Waals surface area contributed by atoms with E-state index in [2.05, 4.69) is 50.5 Å². The third-order valence-corrected chi connectivity index (χ3v) is 3.68. The van der Waals surface area contributed by atoms with Crippen LogP contribution in [0.15, 0.2) is 63.7 Å². The molecule has 1 aromatic heterocycles. The van der Waals surface area contributed by atoms with Crippen molar-refractivity contribution in [2.45, 2.75) is 13.5 Å². The van der Waals surface area contributed by atoms with E-state index in [1.807, 2.05) is 31.2 Å². The lowest BCUT2D eigenvalue weighted by molar-refractivity contribution is 0.521. The predicted octanol–water partition coefficient (Wildman–Crippen LogP) is 5.02. The van der Waals surface area contributed by atoms with Crippen LogP contribution in [0.3, 0.4) is 0 Å². The highest BCUT2D eigenvalue weighted by Crippen LogP contribution is 2.21. The van der Waals surface area contributed by atoms with E-state index >= 15 is 0 Å². The van der Waals surface area contributed by atoms with Gasteiger partial charge in [-0.3, -0.25) is 0 Å². The van der Waals surface area contributed by atoms with E-state index in [-0.39, 0.29) is 0 Å². The fourth-order valence-corrected chi connectivity index (χ4v) is 2.55. The number of aryl methyl sites for hydroxylation is 1. The van der Waals surface area contributed by atoms with Crippen LogP contribution in [0.4, 0.5) is 5.69 Å². The third kappa shape index (κ3) is 3.52. The Labute approximate surface area is 132 Å². The van der Waals surface area contributed by atoms with Crippen molar-refractivity contribution in [3.63, 3.8) is 0 Å². The largest absolute Gasteiger partial charge is 0.449 e. The van der Waals surface area contributed by atoms with Crippen molar-refractivity contribution >= 4 is 21.6 Å². The molecule has 0 saturated heterocycles. The molecule has 3 aromatic rings. The number of nitrogens with zero attached hydrogens (tertiary/aromatic N) is 1. The van der Waals surface area contributed by atoms with Gasteiger partial charge in [0.15, 0.2) is 5.89 Å². The summed E-state index contributed by atoms with van der Waals surface area (Å²) in [6.07, 6.45) is 1.68. The monoisotopic (exact) mass is 342 g/mol. The van der Waals surface area contributed by atoms with Gasteiger partial charge >= 0.3 is 0 Å². The van der Waals surface area contributed by atoms with Crippen molar-refractivity contribution in [3.8, 4) is 11.3 Å². The molecule has 4 heteroatoms. The van der Waals surface area contributed by atoms with Crippen LogP contribution in [-0.2, 0) is 6.54 Å². The molecule has 0 aliphatic heterocycles. The minimum absolute atomic E-state index is 0.682. The number of aromatic nitrogens is 1. The Kier molecular flexibility index (Phi) is 4.06. The molecule has 0 atom stereocenters. The Bertz CT molecular complexity index is 735. The maximum atomic E-state index is 5.23. The van der Waals surface area contributed by atoms with Crippen LogP contribution in [0.1, 0.15) is 11.5 Å². The molecule has 0 aliphatic carbocycles. The van der Waals surface area contributed by atoms with Gasteiger partial charge in [0.2, 0.25) is 0 Å². The van der Waals surface area contributed by atoms with E-state index in [0.29, 0.717) is 5.89 Å². The molecule has 21 heavy (non-hydrogen) atoms. The van der Waals surface area contributed by atoms with Crippen LogP contribution in [0.2, 0.25) is 0 Å². The first-order valence-corrected chi connectivity index (χ1v) is 7.51. The minimum atomic E-state index is 0.682. The molecular weight excluding hydrogens is 328 g/mol. The molecule has 0 radical (unpaired) electrons. The van der Waals surface area contributed by atoms with Crippen LogP contribution >= 0.6 is 15.9 Å². The minimum Gasteiger partial charge on any atom is -0.449 e. The third-order valence-electron chi connectivity index (χ3n) is 3.19. The van der Waals surface area contributed by atoms with Gasteiger partial charge in [-0.1, -0.05) is 40.2 Å². The Hall–Kier alpha value is -2.07. The summed E-state index contributed by atoms with van der Waals surface area (Å²) in [7, 11) is 0. The van der Waals surface area contributed by atoms with Gasteiger partial charge in [0.25, 0.3) is 0 Å². The molecule has 0 saturated carbocycles. The zero-order chi connectivity index (χ0) is 14.7. The van der Waals surface area contributed by atoms with Crippen molar-refractivity contribution in [2.75, 3.05) is 5.32 Å². The highest BCUT2D eigenvalue weighted by molar-refractivity contribution is 9.10. The zero-order valence-corrected chi connectivity index (χ0v) is 13.2. The zero-order valence-electron chi connectivity index (χ0n) is 11.6. The molecule has 1 N–H and O–H groups in total. The van der Waals surface area contributed by atoms with Crippen molar-refractivity contribution in [1.29, 1.82) is 0 Å². The number of halogens is 1. The van der Waals surface area contributed by atoms with Gasteiger partial charge in [-0.15, -0.1) is 0 Å². The van der Waals surface area contributed by atoms with E-state index in [1.54, 1.807) is 6.26 Å². The number of nitrogens with one attached hydrogen (secondary N) is 1. The average molecular weight is 343 g/mol. The lowest BCUT2D eigenvalue weighted by Gasteiger charge is -2.07. The maximum Gasteiger partial charge on any atom is 0.191 e. The summed E-state index contributed by atoms with van der Waals surface area (Å²) in [5, 5.41) is 3.41. The van der Waals surface area contributed by atoms with E-state index in [9.17, 15) is 0 Å². The van der Waals surface area contributed by atoms with Gasteiger partial charge in [-0.2, -0.15) is 0 Å². The van der Waals surface area contributed by atoms with Crippen LogP contribution in [0.5, 0.6) is 0 Å². The summed E-state index contributed by atoms with van der Waals surface area (Å²) in [5.74, 6) is 0.682. The molecule has 2 aromatic carbocycles. The number of anilines is 1. The quantitative estimate of drug-likeness (QED) is 0.722. The summed E-state index contributed by atoms with van der Waals surface area (Å²) < 4.78 is 6.33. The molecule has 0 fully saturated rings. The molecule has 0 aliphatic rings. The Morgan fingerprint density at radius 1 is 1.14 bits per heavy atom. The van der Waals surface area contributed by atoms with Crippen molar-refractivity contribution in [1.82, 2.24) is 4.98 Å². The fraction of sp³-hybridized carbons (Fsp3) is 0.118. The highest BCUT2D eigenvalue weighted by Gasteiger charge is 2.03. The summed E-state index contributed by atoms with van der Waals surface area (Å²) >= 11 is 3.48. The van der Waals surface area contributed by atoms with E-state index < -0.39 is 0 Å². The van der Waals surface area contributed by atoms with E-state index in [1.165, 1.54) is 5.56 Å². The second-order valence-electron chi connectivity index (χ2n) is 4.81. The first-order chi connectivity index (χ1) is 10.2. The van der Waals surface area contributed by atoms with Gasteiger partial charge in [0.05, 0.1) is 0 Å². The summed E-state index contributed by atoms with van der Waals surface area (Å²) in [5.41, 5.74) is 4.24. The van der Waals surface area contributed by atoms with Crippen LogP contribution in [0.25, 0.3) is 11.3 Å². The smallest absolute Gasteiger partial charge is 0.191 e. The van der Waals surface area contributed by atoms with Gasteiger partial charge in [-0.05, 0) is 29.8 Å². The van der Waals surface area contributed by atoms with E-state index in [4.69, 9.17) is 4.42 Å². The molecule has 0 unspecified atom stereocenters. The molecule has 0 bridgehead atoms. The second kappa shape index (κ2) is 6.14. The molecule has 0 amide bonds. The van der Waals surface area contributed by atoms with Gasteiger partial charge in [0.1, 0.15) is 12.0 Å². The van der Waals surface area contributed by atoms with Gasteiger partial charge < -0.3 is 9.73 Å². The van der Waals surface area contributed by atoms with Crippen molar-refractivity contribution in [2.24, 2.45) is 0 Å². The Morgan fingerprint density at radius 2 is 1.95 bits per heavy atom. The van der Waals surface area contributed by atoms with Crippen LogP contribution in [0, 0.1) is 6.92 Å². The van der Waals surface area contributed by atoms with E-state index in [0.717, 1.165) is 28.0 Å². The lowest BCUT2D eigenvalue weighted by Crippen LogP contribution is -1.98. The molecule has 3 nitrogen and oxygen atoms in total. The lowest BCUT2D eigenvalue weighted by atomic mass is 10.1. The molecule has 3 rings (SSSR count). The number of oxazole rings is 1.